The predicted molar refractivity (Wildman–Crippen MR) is 89.6 cm³/mol. The van der Waals surface area contributed by atoms with E-state index in [4.69, 9.17) is 5.84 Å². The van der Waals surface area contributed by atoms with Crippen molar-refractivity contribution in [1.29, 1.82) is 0 Å². The molecule has 2 heteroatoms. The topological polar surface area (TPSA) is 38.0 Å². The maximum absolute atomic E-state index is 6.01. The summed E-state index contributed by atoms with van der Waals surface area (Å²) in [5.74, 6) is 8.00. The molecule has 0 aromatic heterocycles. The van der Waals surface area contributed by atoms with E-state index in [-0.39, 0.29) is 0 Å². The van der Waals surface area contributed by atoms with Crippen LogP contribution < -0.4 is 11.3 Å². The van der Waals surface area contributed by atoms with E-state index in [1.54, 1.807) is 0 Å². The highest BCUT2D eigenvalue weighted by atomic mass is 15.2. The smallest absolute Gasteiger partial charge is 0.0267 e. The number of rotatable bonds is 8. The second-order valence-corrected chi connectivity index (χ2v) is 8.78. The molecule has 0 aromatic carbocycles. The van der Waals surface area contributed by atoms with Gasteiger partial charge in [0.15, 0.2) is 0 Å². The largest absolute Gasteiger partial charge is 0.271 e. The first-order chi connectivity index (χ1) is 10.1. The van der Waals surface area contributed by atoms with E-state index in [1.807, 2.05) is 6.08 Å². The predicted octanol–water partition coefficient (Wildman–Crippen LogP) is 4.56. The molecule has 21 heavy (non-hydrogen) atoms. The summed E-state index contributed by atoms with van der Waals surface area (Å²) >= 11 is 0. The van der Waals surface area contributed by atoms with Crippen molar-refractivity contribution < 1.29 is 0 Å². The SMILES string of the molecule is C=CCCCCCC(NN)C12CC3CC(CC(C)(C3)C1)C2. The fraction of sp³-hybridized carbons (Fsp3) is 0.895. The van der Waals surface area contributed by atoms with Crippen LogP contribution in [0.25, 0.3) is 0 Å². The Morgan fingerprint density at radius 1 is 1.19 bits per heavy atom. The number of hydrogen-bond acceptors (Lipinski definition) is 2. The Kier molecular flexibility index (Phi) is 4.47. The summed E-state index contributed by atoms with van der Waals surface area (Å²) in [4.78, 5) is 0. The van der Waals surface area contributed by atoms with E-state index in [9.17, 15) is 0 Å². The molecule has 0 heterocycles. The number of hydrogen-bond donors (Lipinski definition) is 2. The van der Waals surface area contributed by atoms with Crippen molar-refractivity contribution in [3.63, 3.8) is 0 Å². The zero-order valence-corrected chi connectivity index (χ0v) is 13.9. The second-order valence-electron chi connectivity index (χ2n) is 8.78. The molecule has 4 aliphatic rings. The monoisotopic (exact) mass is 290 g/mol. The summed E-state index contributed by atoms with van der Waals surface area (Å²) in [5.41, 5.74) is 4.39. The summed E-state index contributed by atoms with van der Waals surface area (Å²) < 4.78 is 0. The summed E-state index contributed by atoms with van der Waals surface area (Å²) in [6, 6.07) is 0.548. The van der Waals surface area contributed by atoms with Crippen molar-refractivity contribution >= 4 is 0 Å². The molecule has 0 aromatic rings. The Morgan fingerprint density at radius 2 is 1.90 bits per heavy atom. The van der Waals surface area contributed by atoms with E-state index < -0.39 is 0 Å². The number of nitrogens with two attached hydrogens (primary N) is 1. The molecule has 4 bridgehead atoms. The third-order valence-electron chi connectivity index (χ3n) is 6.74. The van der Waals surface area contributed by atoms with Crippen molar-refractivity contribution in [3.8, 4) is 0 Å². The molecule has 0 spiro atoms. The van der Waals surface area contributed by atoms with Crippen molar-refractivity contribution in [1.82, 2.24) is 5.43 Å². The van der Waals surface area contributed by atoms with Crippen LogP contribution in [0.15, 0.2) is 12.7 Å². The van der Waals surface area contributed by atoms with Gasteiger partial charge >= 0.3 is 0 Å². The van der Waals surface area contributed by atoms with Gasteiger partial charge in [-0.2, -0.15) is 0 Å². The minimum Gasteiger partial charge on any atom is -0.271 e. The average Bonchev–Trinajstić information content (AvgIpc) is 2.39. The molecule has 0 amide bonds. The molecule has 2 nitrogen and oxygen atoms in total. The standard InChI is InChI=1S/C19H34N2/c1-3-4-5-6-7-8-17(21-20)19-12-15-9-16(13-19)11-18(2,10-15)14-19/h3,15-17,21H,1,4-14,20H2,2H3. The van der Waals surface area contributed by atoms with E-state index in [2.05, 4.69) is 18.9 Å². The van der Waals surface area contributed by atoms with Gasteiger partial charge in [-0.3, -0.25) is 11.3 Å². The van der Waals surface area contributed by atoms with Gasteiger partial charge in [0.05, 0.1) is 0 Å². The minimum atomic E-state index is 0.520. The highest BCUT2D eigenvalue weighted by Crippen LogP contribution is 2.66. The Balaban J connectivity index is 1.61. The molecule has 3 atom stereocenters. The summed E-state index contributed by atoms with van der Waals surface area (Å²) in [5, 5.41) is 0. The second kappa shape index (κ2) is 6.04. The maximum Gasteiger partial charge on any atom is 0.0267 e. The van der Waals surface area contributed by atoms with Crippen LogP contribution in [-0.2, 0) is 0 Å². The summed E-state index contributed by atoms with van der Waals surface area (Å²) in [6.45, 7) is 6.36. The van der Waals surface area contributed by atoms with E-state index in [0.29, 0.717) is 16.9 Å². The summed E-state index contributed by atoms with van der Waals surface area (Å²) in [6.07, 6.45) is 17.2. The van der Waals surface area contributed by atoms with Crippen LogP contribution in [0.4, 0.5) is 0 Å². The third kappa shape index (κ3) is 3.07. The van der Waals surface area contributed by atoms with Gasteiger partial charge in [0, 0.05) is 6.04 Å². The van der Waals surface area contributed by atoms with Crippen LogP contribution >= 0.6 is 0 Å². The van der Waals surface area contributed by atoms with Gasteiger partial charge in [0.25, 0.3) is 0 Å². The zero-order chi connectivity index (χ0) is 14.9. The lowest BCUT2D eigenvalue weighted by atomic mass is 9.43. The molecule has 0 saturated heterocycles. The molecular formula is C19H34N2. The molecule has 3 N–H and O–H groups in total. The van der Waals surface area contributed by atoms with Gasteiger partial charge in [-0.15, -0.1) is 6.58 Å². The number of nitrogens with one attached hydrogen (secondary N) is 1. The van der Waals surface area contributed by atoms with Crippen LogP contribution in [0.2, 0.25) is 0 Å². The first-order valence-electron chi connectivity index (χ1n) is 9.16. The average molecular weight is 290 g/mol. The highest BCUT2D eigenvalue weighted by Gasteiger charge is 2.57. The van der Waals surface area contributed by atoms with Gasteiger partial charge in [0.1, 0.15) is 0 Å². The maximum atomic E-state index is 6.01. The Hall–Kier alpha value is -0.340. The van der Waals surface area contributed by atoms with Gasteiger partial charge in [-0.05, 0) is 80.5 Å². The molecular weight excluding hydrogens is 256 g/mol. The quantitative estimate of drug-likeness (QED) is 0.298. The van der Waals surface area contributed by atoms with E-state index in [0.717, 1.165) is 18.3 Å². The van der Waals surface area contributed by atoms with Gasteiger partial charge in [-0.1, -0.05) is 25.8 Å². The summed E-state index contributed by atoms with van der Waals surface area (Å²) in [7, 11) is 0. The van der Waals surface area contributed by atoms with Crippen LogP contribution in [0.3, 0.4) is 0 Å². The van der Waals surface area contributed by atoms with E-state index in [1.165, 1.54) is 64.2 Å². The van der Waals surface area contributed by atoms with Crippen molar-refractivity contribution in [3.05, 3.63) is 12.7 Å². The van der Waals surface area contributed by atoms with Crippen LogP contribution in [0.5, 0.6) is 0 Å². The van der Waals surface area contributed by atoms with Crippen LogP contribution in [0, 0.1) is 22.7 Å². The molecule has 4 saturated carbocycles. The number of unbranched alkanes of at least 4 members (excludes halogenated alkanes) is 3. The minimum absolute atomic E-state index is 0.520. The van der Waals surface area contributed by atoms with Crippen molar-refractivity contribution in [2.75, 3.05) is 0 Å². The van der Waals surface area contributed by atoms with Crippen LogP contribution in [-0.4, -0.2) is 6.04 Å². The van der Waals surface area contributed by atoms with Gasteiger partial charge < -0.3 is 0 Å². The Morgan fingerprint density at radius 3 is 2.48 bits per heavy atom. The Bertz CT molecular complexity index is 362. The fourth-order valence-corrected chi connectivity index (χ4v) is 6.59. The van der Waals surface area contributed by atoms with Crippen molar-refractivity contribution in [2.45, 2.75) is 83.6 Å². The molecule has 0 aliphatic heterocycles. The first kappa shape index (κ1) is 15.6. The number of allylic oxidation sites excluding steroid dienone is 1. The first-order valence-corrected chi connectivity index (χ1v) is 9.16. The zero-order valence-electron chi connectivity index (χ0n) is 13.9. The fourth-order valence-electron chi connectivity index (χ4n) is 6.59. The molecule has 4 fully saturated rings. The molecule has 0 radical (unpaired) electrons. The molecule has 120 valence electrons. The lowest BCUT2D eigenvalue weighted by Crippen LogP contribution is -2.59. The van der Waals surface area contributed by atoms with Crippen molar-refractivity contribution in [2.24, 2.45) is 28.5 Å². The third-order valence-corrected chi connectivity index (χ3v) is 6.74. The van der Waals surface area contributed by atoms with E-state index >= 15 is 0 Å². The van der Waals surface area contributed by atoms with Gasteiger partial charge in [-0.25, -0.2) is 0 Å². The van der Waals surface area contributed by atoms with Gasteiger partial charge in [0.2, 0.25) is 0 Å². The lowest BCUT2D eigenvalue weighted by Gasteiger charge is -2.63. The molecule has 4 aliphatic carbocycles. The normalized spacial score (nSPS) is 42.2. The van der Waals surface area contributed by atoms with Crippen LogP contribution in [0.1, 0.15) is 77.6 Å². The highest BCUT2D eigenvalue weighted by molar-refractivity contribution is 5.09. The molecule has 3 unspecified atom stereocenters. The lowest BCUT2D eigenvalue weighted by molar-refractivity contribution is -0.119. The number of hydrazine groups is 1. The Labute approximate surface area is 130 Å². The molecule has 4 rings (SSSR count).